The Morgan fingerprint density at radius 1 is 1.14 bits per heavy atom. The number of carbonyl (C=O) groups excluding carboxylic acids is 1. The zero-order chi connectivity index (χ0) is 15.9. The van der Waals surface area contributed by atoms with Crippen LogP contribution in [0, 0.1) is 30.6 Å². The molecule has 0 aromatic heterocycles. The van der Waals surface area contributed by atoms with E-state index in [1.807, 2.05) is 38.1 Å². The van der Waals surface area contributed by atoms with Crippen LogP contribution in [0.3, 0.4) is 0 Å². The fourth-order valence-corrected chi connectivity index (χ4v) is 4.27. The Labute approximate surface area is 130 Å². The van der Waals surface area contributed by atoms with E-state index in [-0.39, 0.29) is 29.7 Å². The van der Waals surface area contributed by atoms with Crippen LogP contribution in [0.25, 0.3) is 0 Å². The van der Waals surface area contributed by atoms with Crippen LogP contribution in [0.2, 0.25) is 0 Å². The fraction of sp³-hybridized carbons (Fsp3) is 0.556. The third kappa shape index (κ3) is 2.62. The van der Waals surface area contributed by atoms with E-state index >= 15 is 0 Å². The standard InChI is InChI=1S/C18H23NO3/c1-10-3-5-12(6-4-10)11(2)19-17(20)15-13-7-8-14(9-13)16(15)18(21)22/h3-6,11,13-16H,7-9H2,1-2H3,(H,19,20)(H,21,22)/t11-,13-,14-,15+,16+/m0/s1. The number of hydrogen-bond donors (Lipinski definition) is 2. The number of aliphatic carboxylic acids is 1. The van der Waals surface area contributed by atoms with Crippen LogP contribution < -0.4 is 5.32 Å². The maximum atomic E-state index is 12.6. The molecule has 4 nitrogen and oxygen atoms in total. The molecule has 5 atom stereocenters. The molecule has 0 radical (unpaired) electrons. The summed E-state index contributed by atoms with van der Waals surface area (Å²) in [5, 5.41) is 12.5. The summed E-state index contributed by atoms with van der Waals surface area (Å²) in [5.74, 6) is -1.32. The first-order valence-electron chi connectivity index (χ1n) is 8.07. The molecule has 4 heteroatoms. The highest BCUT2D eigenvalue weighted by molar-refractivity contribution is 5.86. The Kier molecular flexibility index (Phi) is 3.94. The first-order chi connectivity index (χ1) is 10.5. The highest BCUT2D eigenvalue weighted by Crippen LogP contribution is 2.52. The Hall–Kier alpha value is -1.84. The van der Waals surface area contributed by atoms with E-state index in [0.717, 1.165) is 24.8 Å². The van der Waals surface area contributed by atoms with Gasteiger partial charge in [0.25, 0.3) is 0 Å². The summed E-state index contributed by atoms with van der Waals surface area (Å²) < 4.78 is 0. The molecule has 0 unspecified atom stereocenters. The molecule has 2 fully saturated rings. The van der Waals surface area contributed by atoms with E-state index in [0.29, 0.717) is 0 Å². The SMILES string of the molecule is Cc1ccc([C@H](C)NC(=O)[C@@H]2[C@H]3CC[C@@H](C3)[C@H]2C(=O)O)cc1. The lowest BCUT2D eigenvalue weighted by Crippen LogP contribution is -2.42. The maximum Gasteiger partial charge on any atom is 0.307 e. The van der Waals surface area contributed by atoms with Gasteiger partial charge in [-0.2, -0.15) is 0 Å². The van der Waals surface area contributed by atoms with E-state index in [1.54, 1.807) is 0 Å². The van der Waals surface area contributed by atoms with E-state index < -0.39 is 11.9 Å². The van der Waals surface area contributed by atoms with Gasteiger partial charge in [0.2, 0.25) is 5.91 Å². The summed E-state index contributed by atoms with van der Waals surface area (Å²) in [4.78, 5) is 24.1. The lowest BCUT2D eigenvalue weighted by Gasteiger charge is -2.28. The summed E-state index contributed by atoms with van der Waals surface area (Å²) in [6.45, 7) is 3.98. The molecule has 0 spiro atoms. The molecular formula is C18H23NO3. The van der Waals surface area contributed by atoms with Crippen molar-refractivity contribution in [1.29, 1.82) is 0 Å². The van der Waals surface area contributed by atoms with Crippen molar-refractivity contribution < 1.29 is 14.7 Å². The minimum absolute atomic E-state index is 0.0901. The van der Waals surface area contributed by atoms with E-state index in [4.69, 9.17) is 0 Å². The number of hydrogen-bond acceptors (Lipinski definition) is 2. The van der Waals surface area contributed by atoms with Gasteiger partial charge in [-0.25, -0.2) is 0 Å². The van der Waals surface area contributed by atoms with Gasteiger partial charge in [-0.15, -0.1) is 0 Å². The molecule has 0 aliphatic heterocycles. The average Bonchev–Trinajstić information content (AvgIpc) is 3.08. The Balaban J connectivity index is 1.71. The molecule has 1 amide bonds. The van der Waals surface area contributed by atoms with Crippen LogP contribution in [-0.2, 0) is 9.59 Å². The lowest BCUT2D eigenvalue weighted by atomic mass is 9.78. The minimum Gasteiger partial charge on any atom is -0.481 e. The van der Waals surface area contributed by atoms with Gasteiger partial charge in [0.1, 0.15) is 0 Å². The van der Waals surface area contributed by atoms with Crippen LogP contribution in [0.1, 0.15) is 43.4 Å². The third-order valence-electron chi connectivity index (χ3n) is 5.44. The Morgan fingerprint density at radius 3 is 2.32 bits per heavy atom. The van der Waals surface area contributed by atoms with Crippen molar-refractivity contribution in [2.75, 3.05) is 0 Å². The number of rotatable bonds is 4. The number of amides is 1. The highest BCUT2D eigenvalue weighted by atomic mass is 16.4. The maximum absolute atomic E-state index is 12.6. The molecule has 22 heavy (non-hydrogen) atoms. The number of nitrogens with one attached hydrogen (secondary N) is 1. The quantitative estimate of drug-likeness (QED) is 0.898. The van der Waals surface area contributed by atoms with Crippen LogP contribution >= 0.6 is 0 Å². The molecule has 2 saturated carbocycles. The molecule has 3 rings (SSSR count). The summed E-state index contributed by atoms with van der Waals surface area (Å²) in [6, 6.07) is 7.97. The van der Waals surface area contributed by atoms with Gasteiger partial charge in [0.15, 0.2) is 0 Å². The molecule has 118 valence electrons. The van der Waals surface area contributed by atoms with Gasteiger partial charge in [-0.05, 0) is 50.5 Å². The van der Waals surface area contributed by atoms with Crippen LogP contribution in [0.5, 0.6) is 0 Å². The van der Waals surface area contributed by atoms with Crippen molar-refractivity contribution in [1.82, 2.24) is 5.32 Å². The second-order valence-electron chi connectivity index (χ2n) is 6.86. The van der Waals surface area contributed by atoms with Crippen molar-refractivity contribution in [2.45, 2.75) is 39.2 Å². The van der Waals surface area contributed by atoms with Crippen molar-refractivity contribution in [3.63, 3.8) is 0 Å². The monoisotopic (exact) mass is 301 g/mol. The van der Waals surface area contributed by atoms with Gasteiger partial charge in [-0.3, -0.25) is 9.59 Å². The molecule has 1 aromatic carbocycles. The molecule has 0 heterocycles. The molecular weight excluding hydrogens is 278 g/mol. The Morgan fingerprint density at radius 2 is 1.73 bits per heavy atom. The van der Waals surface area contributed by atoms with E-state index in [9.17, 15) is 14.7 Å². The second kappa shape index (κ2) is 5.75. The smallest absolute Gasteiger partial charge is 0.307 e. The van der Waals surface area contributed by atoms with Crippen LogP contribution in [0.15, 0.2) is 24.3 Å². The zero-order valence-electron chi connectivity index (χ0n) is 13.1. The predicted molar refractivity (Wildman–Crippen MR) is 83.2 cm³/mol. The van der Waals surface area contributed by atoms with Crippen molar-refractivity contribution in [2.24, 2.45) is 23.7 Å². The van der Waals surface area contributed by atoms with Crippen LogP contribution in [0.4, 0.5) is 0 Å². The lowest BCUT2D eigenvalue weighted by molar-refractivity contribution is -0.149. The number of fused-ring (bicyclic) bond motifs is 2. The zero-order valence-corrected chi connectivity index (χ0v) is 13.1. The predicted octanol–water partition coefficient (Wildman–Crippen LogP) is 2.92. The Bertz CT molecular complexity index is 580. The van der Waals surface area contributed by atoms with Gasteiger partial charge < -0.3 is 10.4 Å². The summed E-state index contributed by atoms with van der Waals surface area (Å²) in [6.07, 6.45) is 2.85. The molecule has 2 aliphatic carbocycles. The summed E-state index contributed by atoms with van der Waals surface area (Å²) in [5.41, 5.74) is 2.23. The molecule has 0 saturated heterocycles. The molecule has 2 aliphatic rings. The number of carboxylic acids is 1. The number of carboxylic acid groups (broad SMARTS) is 1. The third-order valence-corrected chi connectivity index (χ3v) is 5.44. The first kappa shape index (κ1) is 15.1. The van der Waals surface area contributed by atoms with Crippen LogP contribution in [-0.4, -0.2) is 17.0 Å². The number of carbonyl (C=O) groups is 2. The van der Waals surface area contributed by atoms with E-state index in [1.165, 1.54) is 5.56 Å². The second-order valence-corrected chi connectivity index (χ2v) is 6.86. The largest absolute Gasteiger partial charge is 0.481 e. The minimum atomic E-state index is -0.810. The van der Waals surface area contributed by atoms with Gasteiger partial charge in [0, 0.05) is 0 Å². The summed E-state index contributed by atoms with van der Waals surface area (Å²) in [7, 11) is 0. The number of aryl methyl sites for hydroxylation is 1. The topological polar surface area (TPSA) is 66.4 Å². The average molecular weight is 301 g/mol. The molecule has 2 N–H and O–H groups in total. The van der Waals surface area contributed by atoms with Gasteiger partial charge in [-0.1, -0.05) is 29.8 Å². The first-order valence-corrected chi connectivity index (χ1v) is 8.07. The normalized spacial score (nSPS) is 31.0. The van der Waals surface area contributed by atoms with E-state index in [2.05, 4.69) is 5.32 Å². The van der Waals surface area contributed by atoms with Gasteiger partial charge in [0.05, 0.1) is 17.9 Å². The number of benzene rings is 1. The van der Waals surface area contributed by atoms with Gasteiger partial charge >= 0.3 is 5.97 Å². The van der Waals surface area contributed by atoms with Crippen molar-refractivity contribution >= 4 is 11.9 Å². The van der Waals surface area contributed by atoms with Crippen molar-refractivity contribution in [3.05, 3.63) is 35.4 Å². The summed E-state index contributed by atoms with van der Waals surface area (Å²) >= 11 is 0. The van der Waals surface area contributed by atoms with Crippen molar-refractivity contribution in [3.8, 4) is 0 Å². The fourth-order valence-electron chi connectivity index (χ4n) is 4.27. The highest BCUT2D eigenvalue weighted by Gasteiger charge is 2.54. The molecule has 2 bridgehead atoms. The molecule has 1 aromatic rings.